The first-order valence-corrected chi connectivity index (χ1v) is 6.57. The average molecular weight is 255 g/mol. The number of aromatic nitrogens is 1. The predicted molar refractivity (Wildman–Crippen MR) is 76.2 cm³/mol. The van der Waals surface area contributed by atoms with Gasteiger partial charge in [-0.2, -0.15) is 0 Å². The van der Waals surface area contributed by atoms with Crippen LogP contribution in [-0.2, 0) is 0 Å². The molecule has 0 saturated heterocycles. The molecule has 2 heterocycles. The van der Waals surface area contributed by atoms with Gasteiger partial charge in [0.1, 0.15) is 0 Å². The van der Waals surface area contributed by atoms with Gasteiger partial charge in [-0.3, -0.25) is 4.79 Å². The van der Waals surface area contributed by atoms with Crippen LogP contribution in [0.3, 0.4) is 0 Å². The Kier molecular flexibility index (Phi) is 3.33. The molecule has 0 unspecified atom stereocenters. The number of aromatic amines is 1. The third-order valence-corrected chi connectivity index (χ3v) is 3.45. The lowest BCUT2D eigenvalue weighted by Crippen LogP contribution is -2.29. The van der Waals surface area contributed by atoms with Gasteiger partial charge in [-0.05, 0) is 37.2 Å². The van der Waals surface area contributed by atoms with Gasteiger partial charge in [0.15, 0.2) is 0 Å². The summed E-state index contributed by atoms with van der Waals surface area (Å²) in [5, 5.41) is 7.30. The maximum atomic E-state index is 12.1. The van der Waals surface area contributed by atoms with Crippen molar-refractivity contribution in [2.24, 2.45) is 0 Å². The molecule has 0 aliphatic carbocycles. The molecule has 0 fully saturated rings. The third-order valence-electron chi connectivity index (χ3n) is 3.45. The Hall–Kier alpha value is -2.07. The van der Waals surface area contributed by atoms with E-state index in [0.717, 1.165) is 30.4 Å². The van der Waals surface area contributed by atoms with Gasteiger partial charge in [-0.15, -0.1) is 0 Å². The molecule has 3 rings (SSSR count). The van der Waals surface area contributed by atoms with Crippen LogP contribution < -0.4 is 10.6 Å². The van der Waals surface area contributed by atoms with E-state index in [2.05, 4.69) is 21.7 Å². The van der Waals surface area contributed by atoms with Crippen molar-refractivity contribution in [2.75, 3.05) is 19.6 Å². The number of rotatable bonds is 3. The average Bonchev–Trinajstić information content (AvgIpc) is 2.93. The second-order valence-electron chi connectivity index (χ2n) is 4.78. The molecular formula is C15H17N3O. The molecule has 0 atom stereocenters. The third kappa shape index (κ3) is 2.69. The summed E-state index contributed by atoms with van der Waals surface area (Å²) in [7, 11) is 0. The fraction of sp³-hybridized carbons (Fsp3) is 0.267. The van der Waals surface area contributed by atoms with Crippen molar-refractivity contribution in [1.82, 2.24) is 15.6 Å². The molecule has 0 radical (unpaired) electrons. The molecule has 1 aromatic heterocycles. The second kappa shape index (κ2) is 5.28. The topological polar surface area (TPSA) is 56.9 Å². The minimum absolute atomic E-state index is 0.0115. The van der Waals surface area contributed by atoms with Crippen molar-refractivity contribution in [3.63, 3.8) is 0 Å². The van der Waals surface area contributed by atoms with Gasteiger partial charge in [-0.1, -0.05) is 11.6 Å². The molecule has 0 spiro atoms. The molecule has 0 bridgehead atoms. The molecule has 19 heavy (non-hydrogen) atoms. The number of hydrogen-bond acceptors (Lipinski definition) is 2. The molecule has 4 nitrogen and oxygen atoms in total. The van der Waals surface area contributed by atoms with Crippen molar-refractivity contribution in [1.29, 1.82) is 0 Å². The van der Waals surface area contributed by atoms with Crippen LogP contribution in [0.2, 0.25) is 0 Å². The first-order valence-electron chi connectivity index (χ1n) is 6.57. The molecule has 2 aromatic rings. The van der Waals surface area contributed by atoms with E-state index in [1.165, 1.54) is 5.57 Å². The van der Waals surface area contributed by atoms with Gasteiger partial charge in [0.25, 0.3) is 5.91 Å². The largest absolute Gasteiger partial charge is 0.361 e. The summed E-state index contributed by atoms with van der Waals surface area (Å²) >= 11 is 0. The van der Waals surface area contributed by atoms with Crippen molar-refractivity contribution < 1.29 is 4.79 Å². The van der Waals surface area contributed by atoms with Crippen LogP contribution in [0.1, 0.15) is 16.8 Å². The Morgan fingerprint density at radius 3 is 3.11 bits per heavy atom. The zero-order valence-electron chi connectivity index (χ0n) is 10.7. The maximum absolute atomic E-state index is 12.1. The number of nitrogens with one attached hydrogen (secondary N) is 3. The molecule has 1 aliphatic rings. The Morgan fingerprint density at radius 2 is 2.26 bits per heavy atom. The molecule has 0 saturated carbocycles. The highest BCUT2D eigenvalue weighted by atomic mass is 16.1. The van der Waals surface area contributed by atoms with E-state index in [4.69, 9.17) is 0 Å². The van der Waals surface area contributed by atoms with Crippen molar-refractivity contribution >= 4 is 16.8 Å². The lowest BCUT2D eigenvalue weighted by Gasteiger charge is -2.14. The molecule has 1 aliphatic heterocycles. The fourth-order valence-electron chi connectivity index (χ4n) is 2.32. The number of carbonyl (C=O) groups is 1. The van der Waals surface area contributed by atoms with Crippen molar-refractivity contribution in [3.8, 4) is 0 Å². The summed E-state index contributed by atoms with van der Waals surface area (Å²) in [5.74, 6) is -0.0115. The Bertz CT molecular complexity index is 627. The SMILES string of the molecule is O=C(NCC1=CCNCC1)c1ccc2[nH]ccc2c1. The van der Waals surface area contributed by atoms with Gasteiger partial charge < -0.3 is 15.6 Å². The van der Waals surface area contributed by atoms with Gasteiger partial charge in [-0.25, -0.2) is 0 Å². The minimum Gasteiger partial charge on any atom is -0.361 e. The maximum Gasteiger partial charge on any atom is 0.251 e. The van der Waals surface area contributed by atoms with E-state index in [1.54, 1.807) is 0 Å². The number of benzene rings is 1. The van der Waals surface area contributed by atoms with E-state index >= 15 is 0 Å². The summed E-state index contributed by atoms with van der Waals surface area (Å²) in [6.45, 7) is 2.54. The van der Waals surface area contributed by atoms with Crippen LogP contribution in [0, 0.1) is 0 Å². The van der Waals surface area contributed by atoms with E-state index in [1.807, 2.05) is 30.5 Å². The van der Waals surface area contributed by atoms with Crippen molar-refractivity contribution in [2.45, 2.75) is 6.42 Å². The lowest BCUT2D eigenvalue weighted by atomic mass is 10.1. The summed E-state index contributed by atoms with van der Waals surface area (Å²) in [4.78, 5) is 15.2. The molecule has 98 valence electrons. The number of carbonyl (C=O) groups excluding carboxylic acids is 1. The quantitative estimate of drug-likeness (QED) is 0.733. The van der Waals surface area contributed by atoms with Crippen LogP contribution in [0.5, 0.6) is 0 Å². The molecular weight excluding hydrogens is 238 g/mol. The summed E-state index contributed by atoms with van der Waals surface area (Å²) < 4.78 is 0. The number of fused-ring (bicyclic) bond motifs is 1. The fourth-order valence-corrected chi connectivity index (χ4v) is 2.32. The van der Waals surface area contributed by atoms with E-state index in [0.29, 0.717) is 12.1 Å². The Balaban J connectivity index is 1.67. The zero-order chi connectivity index (χ0) is 13.1. The van der Waals surface area contributed by atoms with Gasteiger partial charge >= 0.3 is 0 Å². The molecule has 1 amide bonds. The van der Waals surface area contributed by atoms with Gasteiger partial charge in [0.2, 0.25) is 0 Å². The van der Waals surface area contributed by atoms with E-state index in [9.17, 15) is 4.79 Å². The highest BCUT2D eigenvalue weighted by Crippen LogP contribution is 2.14. The van der Waals surface area contributed by atoms with Gasteiger partial charge in [0.05, 0.1) is 0 Å². The molecule has 4 heteroatoms. The molecule has 3 N–H and O–H groups in total. The smallest absolute Gasteiger partial charge is 0.251 e. The zero-order valence-corrected chi connectivity index (χ0v) is 10.7. The summed E-state index contributed by atoms with van der Waals surface area (Å²) in [5.41, 5.74) is 3.06. The van der Waals surface area contributed by atoms with E-state index < -0.39 is 0 Å². The summed E-state index contributed by atoms with van der Waals surface area (Å²) in [6, 6.07) is 7.68. The molecule has 1 aromatic carbocycles. The Morgan fingerprint density at radius 1 is 1.32 bits per heavy atom. The first kappa shape index (κ1) is 12.0. The minimum atomic E-state index is -0.0115. The Labute approximate surface area is 111 Å². The van der Waals surface area contributed by atoms with Gasteiger partial charge in [0, 0.05) is 35.8 Å². The van der Waals surface area contributed by atoms with Crippen LogP contribution in [0.25, 0.3) is 10.9 Å². The summed E-state index contributed by atoms with van der Waals surface area (Å²) in [6.07, 6.45) is 5.04. The van der Waals surface area contributed by atoms with Crippen LogP contribution >= 0.6 is 0 Å². The predicted octanol–water partition coefficient (Wildman–Crippen LogP) is 1.82. The number of H-pyrrole nitrogens is 1. The van der Waals surface area contributed by atoms with Crippen LogP contribution in [-0.4, -0.2) is 30.5 Å². The second-order valence-corrected chi connectivity index (χ2v) is 4.78. The van der Waals surface area contributed by atoms with Crippen molar-refractivity contribution in [3.05, 3.63) is 47.7 Å². The first-order chi connectivity index (χ1) is 9.33. The standard InChI is InChI=1S/C15H17N3O/c19-15(18-10-11-3-6-16-7-4-11)13-1-2-14-12(9-13)5-8-17-14/h1-3,5,8-9,16-17H,4,6-7,10H2,(H,18,19). The lowest BCUT2D eigenvalue weighted by molar-refractivity contribution is 0.0957. The van der Waals surface area contributed by atoms with E-state index in [-0.39, 0.29) is 5.91 Å². The highest BCUT2D eigenvalue weighted by molar-refractivity contribution is 5.98. The van der Waals surface area contributed by atoms with Crippen LogP contribution in [0.4, 0.5) is 0 Å². The number of amides is 1. The van der Waals surface area contributed by atoms with Crippen LogP contribution in [0.15, 0.2) is 42.1 Å². The monoisotopic (exact) mass is 255 g/mol. The highest BCUT2D eigenvalue weighted by Gasteiger charge is 2.08. The normalized spacial score (nSPS) is 15.3. The number of hydrogen-bond donors (Lipinski definition) is 3.